The van der Waals surface area contributed by atoms with Gasteiger partial charge in [0.25, 0.3) is 0 Å². The quantitative estimate of drug-likeness (QED) is 0.705. The Kier molecular flexibility index (Phi) is 5.39. The van der Waals surface area contributed by atoms with Crippen molar-refractivity contribution in [3.63, 3.8) is 0 Å². The molecule has 2 aromatic rings. The van der Waals surface area contributed by atoms with Crippen LogP contribution in [-0.4, -0.2) is 5.91 Å². The minimum atomic E-state index is 0.0455. The molecule has 0 aliphatic rings. The third-order valence-electron chi connectivity index (χ3n) is 2.69. The van der Waals surface area contributed by atoms with E-state index in [1.165, 1.54) is 5.56 Å². The molecule has 0 atom stereocenters. The summed E-state index contributed by atoms with van der Waals surface area (Å²) in [5, 5.41) is 2.94. The Morgan fingerprint density at radius 3 is 2.58 bits per heavy atom. The summed E-state index contributed by atoms with van der Waals surface area (Å²) in [4.78, 5) is 11.9. The molecule has 19 heavy (non-hydrogen) atoms. The second-order valence-corrected chi connectivity index (χ2v) is 6.24. The fraction of sp³-hybridized carbons (Fsp3) is 0.133. The molecule has 2 rings (SSSR count). The number of carbonyl (C=O) groups is 1. The van der Waals surface area contributed by atoms with Crippen LogP contribution in [0.2, 0.25) is 0 Å². The predicted octanol–water partition coefficient (Wildman–Crippen LogP) is 4.63. The summed E-state index contributed by atoms with van der Waals surface area (Å²) in [6.45, 7) is 0. The molecule has 2 nitrogen and oxygen atoms in total. The van der Waals surface area contributed by atoms with Crippen LogP contribution in [0.3, 0.4) is 0 Å². The zero-order chi connectivity index (χ0) is 13.7. The van der Waals surface area contributed by atoms with E-state index < -0.39 is 0 Å². The van der Waals surface area contributed by atoms with Crippen LogP contribution in [0, 0.1) is 3.57 Å². The number of anilines is 1. The van der Waals surface area contributed by atoms with E-state index in [2.05, 4.69) is 43.8 Å². The Hall–Kier alpha value is -0.880. The van der Waals surface area contributed by atoms with Crippen molar-refractivity contribution >= 4 is 50.1 Å². The highest BCUT2D eigenvalue weighted by Crippen LogP contribution is 2.22. The van der Waals surface area contributed by atoms with Gasteiger partial charge in [-0.05, 0) is 52.8 Å². The molecule has 0 radical (unpaired) electrons. The molecule has 98 valence electrons. The third kappa shape index (κ3) is 4.62. The van der Waals surface area contributed by atoms with Gasteiger partial charge in [-0.1, -0.05) is 46.3 Å². The largest absolute Gasteiger partial charge is 0.325 e. The molecule has 0 saturated carbocycles. The monoisotopic (exact) mass is 429 g/mol. The molecule has 4 heteroatoms. The van der Waals surface area contributed by atoms with Crippen LogP contribution in [0.25, 0.3) is 0 Å². The average Bonchev–Trinajstić information content (AvgIpc) is 2.41. The molecule has 0 heterocycles. The van der Waals surface area contributed by atoms with Gasteiger partial charge in [0.1, 0.15) is 0 Å². The van der Waals surface area contributed by atoms with Gasteiger partial charge in [0, 0.05) is 14.5 Å². The van der Waals surface area contributed by atoms with Gasteiger partial charge in [0.2, 0.25) is 5.91 Å². The van der Waals surface area contributed by atoms with Crippen LogP contribution in [0.4, 0.5) is 5.69 Å². The molecule has 0 aliphatic heterocycles. The second-order valence-electron chi connectivity index (χ2n) is 4.16. The maximum absolute atomic E-state index is 11.9. The maximum Gasteiger partial charge on any atom is 0.224 e. The van der Waals surface area contributed by atoms with E-state index in [1.54, 1.807) is 0 Å². The first-order chi connectivity index (χ1) is 9.15. The summed E-state index contributed by atoms with van der Waals surface area (Å²) in [6, 6.07) is 15.9. The number of halogens is 2. The van der Waals surface area contributed by atoms with Gasteiger partial charge in [-0.3, -0.25) is 4.79 Å². The van der Waals surface area contributed by atoms with Crippen LogP contribution in [-0.2, 0) is 11.2 Å². The lowest BCUT2D eigenvalue weighted by molar-refractivity contribution is -0.116. The predicted molar refractivity (Wildman–Crippen MR) is 90.3 cm³/mol. The number of hydrogen-bond acceptors (Lipinski definition) is 1. The molecule has 1 amide bonds. The summed E-state index contributed by atoms with van der Waals surface area (Å²) >= 11 is 5.62. The highest BCUT2D eigenvalue weighted by atomic mass is 127. The van der Waals surface area contributed by atoms with Gasteiger partial charge >= 0.3 is 0 Å². The minimum absolute atomic E-state index is 0.0455. The lowest BCUT2D eigenvalue weighted by Crippen LogP contribution is -2.13. The molecule has 0 saturated heterocycles. The normalized spacial score (nSPS) is 10.2. The fourth-order valence-electron chi connectivity index (χ4n) is 1.71. The van der Waals surface area contributed by atoms with Gasteiger partial charge in [-0.2, -0.15) is 0 Å². The van der Waals surface area contributed by atoms with Crippen LogP contribution in [0.5, 0.6) is 0 Å². The molecule has 2 aromatic carbocycles. The van der Waals surface area contributed by atoms with Crippen molar-refractivity contribution in [1.29, 1.82) is 0 Å². The van der Waals surface area contributed by atoms with E-state index in [0.717, 1.165) is 20.2 Å². The first-order valence-electron chi connectivity index (χ1n) is 5.94. The van der Waals surface area contributed by atoms with Crippen LogP contribution in [0.1, 0.15) is 12.0 Å². The summed E-state index contributed by atoms with van der Waals surface area (Å²) in [6.07, 6.45) is 1.26. The van der Waals surface area contributed by atoms with E-state index in [-0.39, 0.29) is 5.91 Å². The van der Waals surface area contributed by atoms with Crippen molar-refractivity contribution in [1.82, 2.24) is 0 Å². The number of amides is 1. The Labute approximate surface area is 134 Å². The van der Waals surface area contributed by atoms with Crippen LogP contribution in [0.15, 0.2) is 53.0 Å². The minimum Gasteiger partial charge on any atom is -0.325 e. The molecule has 0 fully saturated rings. The molecule has 0 bridgehead atoms. The number of aryl methyl sites for hydroxylation is 1. The van der Waals surface area contributed by atoms with Crippen molar-refractivity contribution in [3.8, 4) is 0 Å². The first-order valence-corrected chi connectivity index (χ1v) is 7.81. The summed E-state index contributed by atoms with van der Waals surface area (Å²) < 4.78 is 2.04. The van der Waals surface area contributed by atoms with Crippen molar-refractivity contribution in [2.75, 3.05) is 5.32 Å². The third-order valence-corrected chi connectivity index (χ3v) is 4.07. The van der Waals surface area contributed by atoms with Gasteiger partial charge in [0.05, 0.1) is 5.69 Å². The van der Waals surface area contributed by atoms with E-state index in [9.17, 15) is 4.79 Å². The zero-order valence-electron chi connectivity index (χ0n) is 10.2. The van der Waals surface area contributed by atoms with Crippen molar-refractivity contribution in [2.24, 2.45) is 0 Å². The van der Waals surface area contributed by atoms with E-state index in [1.807, 2.05) is 48.5 Å². The number of benzene rings is 2. The zero-order valence-corrected chi connectivity index (χ0v) is 13.9. The molecule has 0 spiro atoms. The summed E-state index contributed by atoms with van der Waals surface area (Å²) in [7, 11) is 0. The summed E-state index contributed by atoms with van der Waals surface area (Å²) in [5.41, 5.74) is 2.05. The lowest BCUT2D eigenvalue weighted by Gasteiger charge is -2.08. The van der Waals surface area contributed by atoms with Crippen molar-refractivity contribution in [3.05, 3.63) is 62.1 Å². The van der Waals surface area contributed by atoms with Gasteiger partial charge in [-0.15, -0.1) is 0 Å². The molecular formula is C15H13BrINO. The molecule has 0 aliphatic carbocycles. The molecule has 0 unspecified atom stereocenters. The molecule has 1 N–H and O–H groups in total. The second kappa shape index (κ2) is 7.05. The fourth-order valence-corrected chi connectivity index (χ4v) is 3.15. The summed E-state index contributed by atoms with van der Waals surface area (Å²) in [5.74, 6) is 0.0455. The molecule has 0 aromatic heterocycles. The first kappa shape index (κ1) is 14.5. The standard InChI is InChI=1S/C15H13BrINO/c16-12-7-8-14(13(17)10-12)18-15(19)9-6-11-4-2-1-3-5-11/h1-5,7-8,10H,6,9H2,(H,18,19). The van der Waals surface area contributed by atoms with Crippen LogP contribution < -0.4 is 5.32 Å². The molecular weight excluding hydrogens is 417 g/mol. The van der Waals surface area contributed by atoms with Crippen LogP contribution >= 0.6 is 38.5 Å². The van der Waals surface area contributed by atoms with Gasteiger partial charge in [0.15, 0.2) is 0 Å². The smallest absolute Gasteiger partial charge is 0.224 e. The lowest BCUT2D eigenvalue weighted by atomic mass is 10.1. The number of carbonyl (C=O) groups excluding carboxylic acids is 1. The average molecular weight is 430 g/mol. The maximum atomic E-state index is 11.9. The van der Waals surface area contributed by atoms with Crippen molar-refractivity contribution < 1.29 is 4.79 Å². The highest BCUT2D eigenvalue weighted by Gasteiger charge is 2.06. The number of nitrogens with one attached hydrogen (secondary N) is 1. The number of rotatable bonds is 4. The topological polar surface area (TPSA) is 29.1 Å². The highest BCUT2D eigenvalue weighted by molar-refractivity contribution is 14.1. The Bertz CT molecular complexity index is 572. The van der Waals surface area contributed by atoms with Crippen molar-refractivity contribution in [2.45, 2.75) is 12.8 Å². The van der Waals surface area contributed by atoms with E-state index in [0.29, 0.717) is 6.42 Å². The number of hydrogen-bond donors (Lipinski definition) is 1. The SMILES string of the molecule is O=C(CCc1ccccc1)Nc1ccc(Br)cc1I. The van der Waals surface area contributed by atoms with Gasteiger partial charge in [-0.25, -0.2) is 0 Å². The Morgan fingerprint density at radius 2 is 1.89 bits per heavy atom. The van der Waals surface area contributed by atoms with E-state index in [4.69, 9.17) is 0 Å². The van der Waals surface area contributed by atoms with Gasteiger partial charge < -0.3 is 5.32 Å². The Balaban J connectivity index is 1.91. The Morgan fingerprint density at radius 1 is 1.16 bits per heavy atom. The van der Waals surface area contributed by atoms with E-state index >= 15 is 0 Å².